The number of sulfone groups is 1. The number of nitriles is 1. The predicted octanol–water partition coefficient (Wildman–Crippen LogP) is 1.39. The Morgan fingerprint density at radius 1 is 1.31 bits per heavy atom. The molecule has 9 nitrogen and oxygen atoms in total. The highest BCUT2D eigenvalue weighted by Crippen LogP contribution is 2.39. The number of anilines is 1. The number of hydrazine groups is 1. The van der Waals surface area contributed by atoms with Crippen LogP contribution in [0.15, 0.2) is 29.2 Å². The van der Waals surface area contributed by atoms with Crippen molar-refractivity contribution in [2.45, 2.75) is 67.4 Å². The standard InChI is InChI=1S/C22H31N5O4S/c1-21(2,3)32(29,30)16-6-4-15(5-7-16)25-19-18-17(8-12-24-20(18)28)27(26-19)22(9-11-23)10-13-31-14-22/h4-7,17-19,25-26H,8-10,12-14H2,1-3H3,(H,24,28)/t17?,18?,19?,22-/m1/s1. The minimum Gasteiger partial charge on any atom is -0.379 e. The lowest BCUT2D eigenvalue weighted by atomic mass is 9.86. The van der Waals surface area contributed by atoms with Crippen LogP contribution in [0.5, 0.6) is 0 Å². The number of hydrogen-bond acceptors (Lipinski definition) is 8. The third-order valence-electron chi connectivity index (χ3n) is 6.72. The first-order valence-corrected chi connectivity index (χ1v) is 12.5. The van der Waals surface area contributed by atoms with Gasteiger partial charge >= 0.3 is 0 Å². The van der Waals surface area contributed by atoms with E-state index in [1.807, 2.05) is 0 Å². The Morgan fingerprint density at radius 2 is 2.03 bits per heavy atom. The summed E-state index contributed by atoms with van der Waals surface area (Å²) in [5.41, 5.74) is 3.71. The highest BCUT2D eigenvalue weighted by atomic mass is 32.2. The van der Waals surface area contributed by atoms with Crippen molar-refractivity contribution in [1.29, 1.82) is 5.26 Å². The summed E-state index contributed by atoms with van der Waals surface area (Å²) >= 11 is 0. The topological polar surface area (TPSA) is 124 Å². The fourth-order valence-electron chi connectivity index (χ4n) is 4.84. The minimum atomic E-state index is -3.44. The smallest absolute Gasteiger partial charge is 0.228 e. The number of nitrogens with one attached hydrogen (secondary N) is 3. The Morgan fingerprint density at radius 3 is 2.62 bits per heavy atom. The number of nitrogens with zero attached hydrogens (tertiary/aromatic N) is 2. The molecular formula is C22H31N5O4S. The summed E-state index contributed by atoms with van der Waals surface area (Å²) in [5.74, 6) is -0.385. The molecule has 0 bridgehead atoms. The van der Waals surface area contributed by atoms with Crippen LogP contribution in [0, 0.1) is 17.2 Å². The molecule has 3 unspecified atom stereocenters. The largest absolute Gasteiger partial charge is 0.379 e. The fraction of sp³-hybridized carbons (Fsp3) is 0.636. The molecular weight excluding hydrogens is 430 g/mol. The van der Waals surface area contributed by atoms with E-state index >= 15 is 0 Å². The lowest BCUT2D eigenvalue weighted by Crippen LogP contribution is -2.59. The second-order valence-corrected chi connectivity index (χ2v) is 12.5. The Kier molecular flexibility index (Phi) is 5.96. The van der Waals surface area contributed by atoms with E-state index in [9.17, 15) is 18.5 Å². The van der Waals surface area contributed by atoms with Gasteiger partial charge in [0, 0.05) is 24.9 Å². The van der Waals surface area contributed by atoms with Gasteiger partial charge in [0.05, 0.1) is 40.2 Å². The van der Waals surface area contributed by atoms with Crippen LogP contribution < -0.4 is 16.1 Å². The molecule has 0 aliphatic carbocycles. The summed E-state index contributed by atoms with van der Waals surface area (Å²) in [4.78, 5) is 13.1. The second-order valence-electron chi connectivity index (χ2n) is 9.80. The van der Waals surface area contributed by atoms with Gasteiger partial charge in [0.2, 0.25) is 5.91 Å². The number of rotatable bonds is 5. The van der Waals surface area contributed by atoms with Crippen molar-refractivity contribution in [3.8, 4) is 6.07 Å². The SMILES string of the molecule is CC(C)(C)S(=O)(=O)c1ccc(NC2NN([C@]3(CC#N)CCOC3)C3CCNC(=O)C23)cc1. The number of ether oxygens (including phenoxy) is 1. The van der Waals surface area contributed by atoms with E-state index in [-0.39, 0.29) is 28.9 Å². The summed E-state index contributed by atoms with van der Waals surface area (Å²) in [6.45, 7) is 6.66. The molecule has 3 fully saturated rings. The van der Waals surface area contributed by atoms with E-state index in [1.165, 1.54) is 0 Å². The summed E-state index contributed by atoms with van der Waals surface area (Å²) in [6.07, 6.45) is 1.43. The van der Waals surface area contributed by atoms with Crippen molar-refractivity contribution in [2.75, 3.05) is 25.1 Å². The Bertz CT molecular complexity index is 1010. The molecule has 1 amide bonds. The molecule has 3 aliphatic rings. The van der Waals surface area contributed by atoms with Gasteiger partial charge in [-0.25, -0.2) is 18.9 Å². The van der Waals surface area contributed by atoms with Crippen LogP contribution in [0.2, 0.25) is 0 Å². The number of hydrogen-bond donors (Lipinski definition) is 3. The van der Waals surface area contributed by atoms with Crippen LogP contribution in [-0.2, 0) is 19.4 Å². The maximum Gasteiger partial charge on any atom is 0.228 e. The maximum absolute atomic E-state index is 12.8. The molecule has 4 rings (SSSR count). The van der Waals surface area contributed by atoms with Crippen molar-refractivity contribution < 1.29 is 17.9 Å². The quantitative estimate of drug-likeness (QED) is 0.601. The molecule has 3 N–H and O–H groups in total. The first-order valence-electron chi connectivity index (χ1n) is 11.0. The van der Waals surface area contributed by atoms with Crippen molar-refractivity contribution in [3.05, 3.63) is 24.3 Å². The molecule has 174 valence electrons. The van der Waals surface area contributed by atoms with Crippen LogP contribution >= 0.6 is 0 Å². The average molecular weight is 462 g/mol. The van der Waals surface area contributed by atoms with Crippen LogP contribution in [0.3, 0.4) is 0 Å². The zero-order valence-corrected chi connectivity index (χ0v) is 19.5. The van der Waals surface area contributed by atoms with Gasteiger partial charge < -0.3 is 15.4 Å². The molecule has 32 heavy (non-hydrogen) atoms. The number of benzene rings is 1. The molecule has 3 aliphatic heterocycles. The summed E-state index contributed by atoms with van der Waals surface area (Å²) in [5, 5.41) is 17.9. The van der Waals surface area contributed by atoms with Gasteiger partial charge in [-0.05, 0) is 57.9 Å². The average Bonchev–Trinajstić information content (AvgIpc) is 3.34. The summed E-state index contributed by atoms with van der Waals surface area (Å²) in [7, 11) is -3.44. The second kappa shape index (κ2) is 8.30. The zero-order valence-electron chi connectivity index (χ0n) is 18.7. The predicted molar refractivity (Wildman–Crippen MR) is 119 cm³/mol. The summed E-state index contributed by atoms with van der Waals surface area (Å²) in [6, 6.07) is 8.87. The van der Waals surface area contributed by atoms with Crippen LogP contribution in [0.4, 0.5) is 5.69 Å². The van der Waals surface area contributed by atoms with Crippen molar-refractivity contribution in [3.63, 3.8) is 0 Å². The van der Waals surface area contributed by atoms with Crippen molar-refractivity contribution in [1.82, 2.24) is 15.8 Å². The first-order chi connectivity index (χ1) is 15.1. The Balaban J connectivity index is 1.58. The monoisotopic (exact) mass is 461 g/mol. The maximum atomic E-state index is 12.8. The van der Waals surface area contributed by atoms with Gasteiger partial charge in [-0.2, -0.15) is 5.26 Å². The van der Waals surface area contributed by atoms with Crippen LogP contribution in [0.25, 0.3) is 0 Å². The Labute approximate surface area is 189 Å². The molecule has 3 saturated heterocycles. The van der Waals surface area contributed by atoms with Crippen molar-refractivity contribution in [2.24, 2.45) is 5.92 Å². The van der Waals surface area contributed by atoms with E-state index in [4.69, 9.17) is 4.74 Å². The number of carbonyl (C=O) groups is 1. The zero-order chi connectivity index (χ0) is 23.1. The van der Waals surface area contributed by atoms with Crippen LogP contribution in [0.1, 0.15) is 40.0 Å². The highest BCUT2D eigenvalue weighted by Gasteiger charge is 2.55. The number of amides is 1. The molecule has 0 saturated carbocycles. The normalized spacial score (nSPS) is 31.1. The lowest BCUT2D eigenvalue weighted by molar-refractivity contribution is -0.128. The highest BCUT2D eigenvalue weighted by molar-refractivity contribution is 7.92. The fourth-order valence-corrected chi connectivity index (χ4v) is 6.04. The van der Waals surface area contributed by atoms with Crippen LogP contribution in [-0.4, -0.2) is 61.6 Å². The molecule has 1 aromatic rings. The van der Waals surface area contributed by atoms with Crippen molar-refractivity contribution >= 4 is 21.4 Å². The Hall–Kier alpha value is -2.19. The molecule has 0 spiro atoms. The number of carbonyl (C=O) groups excluding carboxylic acids is 1. The molecule has 0 radical (unpaired) electrons. The third kappa shape index (κ3) is 3.88. The molecule has 3 heterocycles. The van der Waals surface area contributed by atoms with E-state index < -0.39 is 20.1 Å². The molecule has 1 aromatic carbocycles. The van der Waals surface area contributed by atoms with Gasteiger partial charge in [0.25, 0.3) is 0 Å². The van der Waals surface area contributed by atoms with Gasteiger partial charge in [0.1, 0.15) is 6.17 Å². The molecule has 0 aromatic heterocycles. The van der Waals surface area contributed by atoms with E-state index in [0.717, 1.165) is 12.8 Å². The van der Waals surface area contributed by atoms with E-state index in [2.05, 4.69) is 27.1 Å². The minimum absolute atomic E-state index is 0.0355. The van der Waals surface area contributed by atoms with E-state index in [1.54, 1.807) is 45.0 Å². The summed E-state index contributed by atoms with van der Waals surface area (Å²) < 4.78 is 30.2. The van der Waals surface area contributed by atoms with Gasteiger partial charge in [-0.3, -0.25) is 4.79 Å². The first kappa shape index (κ1) is 23.0. The lowest BCUT2D eigenvalue weighted by Gasteiger charge is -2.41. The number of fused-ring (bicyclic) bond motifs is 1. The number of piperidine rings is 1. The molecule has 10 heteroatoms. The van der Waals surface area contributed by atoms with Gasteiger partial charge in [-0.1, -0.05) is 0 Å². The van der Waals surface area contributed by atoms with Gasteiger partial charge in [-0.15, -0.1) is 0 Å². The third-order valence-corrected chi connectivity index (χ3v) is 9.23. The van der Waals surface area contributed by atoms with Gasteiger partial charge in [0.15, 0.2) is 9.84 Å². The van der Waals surface area contributed by atoms with E-state index in [0.29, 0.717) is 31.9 Å². The molecule has 4 atom stereocenters.